The number of halogens is 1. The number of rotatable bonds is 11. The average molecular weight is 640 g/mol. The molecule has 252 valence electrons. The molecule has 1 aliphatic carbocycles. The van der Waals surface area contributed by atoms with E-state index in [2.05, 4.69) is 39.8 Å². The predicted octanol–water partition coefficient (Wildman–Crippen LogP) is 4.22. The van der Waals surface area contributed by atoms with Crippen molar-refractivity contribution < 1.29 is 23.6 Å². The van der Waals surface area contributed by atoms with Crippen molar-refractivity contribution in [1.82, 2.24) is 24.9 Å². The molecule has 2 fully saturated rings. The zero-order chi connectivity index (χ0) is 33.6. The van der Waals surface area contributed by atoms with Crippen LogP contribution in [0.4, 0.5) is 15.9 Å². The van der Waals surface area contributed by atoms with Crippen molar-refractivity contribution in [2.45, 2.75) is 85.2 Å². The van der Waals surface area contributed by atoms with Gasteiger partial charge in [0.25, 0.3) is 0 Å². The van der Waals surface area contributed by atoms with Crippen molar-refractivity contribution in [3.63, 3.8) is 0 Å². The number of hydrogen-bond donors (Lipinski definition) is 3. The van der Waals surface area contributed by atoms with Gasteiger partial charge in [-0.05, 0) is 68.7 Å². The standard InChI is InChI=1S/C34H50FN7O4/c1-7-28(43)39-30(33(46)41-19-17-40(6)18-20-41)22(3)24-9-10-26(25(35)21-24)37-31(44)29(23-11-14-34(4,5)15-12-23)32(45)38-27-13-16-36-42(27)8-2/h9-10,13,16,21-23,29-30H,7-8,11-12,14-15,17-20H2,1-6H3,(H,37,44)(H,38,45)(H,39,43)/t22-,29-,30+/m0/s1. The Labute approximate surface area is 271 Å². The van der Waals surface area contributed by atoms with Gasteiger partial charge in [0, 0.05) is 51.1 Å². The first-order valence-corrected chi connectivity index (χ1v) is 16.5. The fourth-order valence-corrected chi connectivity index (χ4v) is 6.42. The number of likely N-dealkylation sites (N-methyl/N-ethyl adjacent to an activating group) is 1. The van der Waals surface area contributed by atoms with Crippen LogP contribution in [-0.2, 0) is 25.7 Å². The molecule has 0 unspecified atom stereocenters. The van der Waals surface area contributed by atoms with Crippen molar-refractivity contribution in [2.75, 3.05) is 43.9 Å². The van der Waals surface area contributed by atoms with Gasteiger partial charge in [-0.2, -0.15) is 5.10 Å². The maximum atomic E-state index is 15.7. The second kappa shape index (κ2) is 15.2. The van der Waals surface area contributed by atoms with Crippen LogP contribution in [0.2, 0.25) is 0 Å². The number of aromatic nitrogens is 2. The molecule has 2 aliphatic rings. The van der Waals surface area contributed by atoms with Gasteiger partial charge in [-0.15, -0.1) is 0 Å². The molecular weight excluding hydrogens is 589 g/mol. The van der Waals surface area contributed by atoms with Crippen LogP contribution in [0.1, 0.15) is 78.2 Å². The Hall–Kier alpha value is -3.80. The van der Waals surface area contributed by atoms with Crippen LogP contribution in [0.3, 0.4) is 0 Å². The van der Waals surface area contributed by atoms with Gasteiger partial charge < -0.3 is 25.8 Å². The second-order valence-electron chi connectivity index (χ2n) is 13.5. The third kappa shape index (κ3) is 8.51. The third-order valence-corrected chi connectivity index (χ3v) is 9.68. The van der Waals surface area contributed by atoms with Crippen molar-refractivity contribution in [3.8, 4) is 0 Å². The molecule has 4 rings (SSSR count). The van der Waals surface area contributed by atoms with E-state index in [1.165, 1.54) is 12.1 Å². The Bertz CT molecular complexity index is 1390. The summed E-state index contributed by atoms with van der Waals surface area (Å²) in [4.78, 5) is 57.2. The molecule has 1 aliphatic heterocycles. The lowest BCUT2D eigenvalue weighted by Gasteiger charge is -2.37. The van der Waals surface area contributed by atoms with E-state index in [4.69, 9.17) is 0 Å². The van der Waals surface area contributed by atoms with Crippen molar-refractivity contribution >= 4 is 35.1 Å². The Morgan fingerprint density at radius 3 is 2.26 bits per heavy atom. The number of hydrogen-bond acceptors (Lipinski definition) is 6. The first kappa shape index (κ1) is 35.1. The van der Waals surface area contributed by atoms with Crippen molar-refractivity contribution in [2.24, 2.45) is 17.3 Å². The van der Waals surface area contributed by atoms with Gasteiger partial charge >= 0.3 is 0 Å². The lowest BCUT2D eigenvalue weighted by Crippen LogP contribution is -2.55. The summed E-state index contributed by atoms with van der Waals surface area (Å²) in [7, 11) is 2.00. The number of aryl methyl sites for hydroxylation is 1. The quantitative estimate of drug-likeness (QED) is 0.316. The van der Waals surface area contributed by atoms with Gasteiger partial charge in [0.15, 0.2) is 0 Å². The largest absolute Gasteiger partial charge is 0.344 e. The van der Waals surface area contributed by atoms with E-state index in [9.17, 15) is 19.2 Å². The zero-order valence-corrected chi connectivity index (χ0v) is 28.1. The molecular formula is C34H50FN7O4. The number of piperazine rings is 1. The van der Waals surface area contributed by atoms with Gasteiger partial charge in [0.05, 0.1) is 11.9 Å². The number of carbonyl (C=O) groups excluding carboxylic acids is 4. The summed E-state index contributed by atoms with van der Waals surface area (Å²) in [5, 5.41) is 12.6. The molecule has 2 aromatic rings. The minimum absolute atomic E-state index is 0.0481. The SMILES string of the molecule is CCC(=O)N[C@@H](C(=O)N1CCN(C)CC1)[C@@H](C)c1ccc(NC(=O)[C@@H](C(=O)Nc2ccnn2CC)C2CCC(C)(C)CC2)c(F)c1. The summed E-state index contributed by atoms with van der Waals surface area (Å²) in [6.45, 7) is 12.9. The highest BCUT2D eigenvalue weighted by Gasteiger charge is 2.40. The minimum Gasteiger partial charge on any atom is -0.344 e. The molecule has 46 heavy (non-hydrogen) atoms. The molecule has 0 spiro atoms. The molecule has 3 atom stereocenters. The first-order chi connectivity index (χ1) is 21.8. The zero-order valence-electron chi connectivity index (χ0n) is 28.1. The van der Waals surface area contributed by atoms with Crippen LogP contribution in [0, 0.1) is 23.1 Å². The van der Waals surface area contributed by atoms with Gasteiger partial charge in [-0.3, -0.25) is 19.2 Å². The Morgan fingerprint density at radius 1 is 1.00 bits per heavy atom. The molecule has 1 saturated carbocycles. The van der Waals surface area contributed by atoms with E-state index in [-0.39, 0.29) is 35.3 Å². The highest BCUT2D eigenvalue weighted by atomic mass is 19.1. The highest BCUT2D eigenvalue weighted by Crippen LogP contribution is 2.41. The highest BCUT2D eigenvalue weighted by molar-refractivity contribution is 6.11. The normalized spacial score (nSPS) is 19.2. The molecule has 0 radical (unpaired) electrons. The van der Waals surface area contributed by atoms with Crippen LogP contribution >= 0.6 is 0 Å². The number of nitrogens with one attached hydrogen (secondary N) is 3. The molecule has 11 nitrogen and oxygen atoms in total. The van der Waals surface area contributed by atoms with E-state index < -0.39 is 35.5 Å². The lowest BCUT2D eigenvalue weighted by molar-refractivity contribution is -0.138. The van der Waals surface area contributed by atoms with Crippen molar-refractivity contribution in [1.29, 1.82) is 0 Å². The molecule has 1 aromatic heterocycles. The van der Waals surface area contributed by atoms with Crippen LogP contribution in [0.25, 0.3) is 0 Å². The summed E-state index contributed by atoms with van der Waals surface area (Å²) in [6, 6.07) is 5.23. The van der Waals surface area contributed by atoms with Crippen LogP contribution in [0.15, 0.2) is 30.5 Å². The Kier molecular flexibility index (Phi) is 11.6. The summed E-state index contributed by atoms with van der Waals surface area (Å²) in [5.74, 6) is -3.41. The molecule has 1 saturated heterocycles. The number of nitrogens with zero attached hydrogens (tertiary/aromatic N) is 4. The molecule has 0 bridgehead atoms. The van der Waals surface area contributed by atoms with Gasteiger partial charge in [0.1, 0.15) is 23.6 Å². The fraction of sp³-hybridized carbons (Fsp3) is 0.618. The number of amides is 4. The lowest BCUT2D eigenvalue weighted by atomic mass is 9.69. The van der Waals surface area contributed by atoms with Gasteiger partial charge in [0.2, 0.25) is 23.6 Å². The van der Waals surface area contributed by atoms with E-state index in [0.717, 1.165) is 25.9 Å². The van der Waals surface area contributed by atoms with Gasteiger partial charge in [-0.1, -0.05) is 33.8 Å². The summed E-state index contributed by atoms with van der Waals surface area (Å²) in [5.41, 5.74) is 0.595. The average Bonchev–Trinajstić information content (AvgIpc) is 3.48. The molecule has 2 heterocycles. The summed E-state index contributed by atoms with van der Waals surface area (Å²) < 4.78 is 17.3. The molecule has 1 aromatic carbocycles. The van der Waals surface area contributed by atoms with E-state index in [1.807, 2.05) is 14.0 Å². The van der Waals surface area contributed by atoms with Gasteiger partial charge in [-0.25, -0.2) is 9.07 Å². The van der Waals surface area contributed by atoms with Crippen LogP contribution < -0.4 is 16.0 Å². The summed E-state index contributed by atoms with van der Waals surface area (Å²) >= 11 is 0. The molecule has 12 heteroatoms. The number of anilines is 2. The maximum absolute atomic E-state index is 15.7. The molecule has 3 N–H and O–H groups in total. The minimum atomic E-state index is -1.02. The van der Waals surface area contributed by atoms with Crippen molar-refractivity contribution in [3.05, 3.63) is 41.8 Å². The second-order valence-corrected chi connectivity index (χ2v) is 13.5. The third-order valence-electron chi connectivity index (χ3n) is 9.68. The van der Waals surface area contributed by atoms with E-state index in [0.29, 0.717) is 43.9 Å². The van der Waals surface area contributed by atoms with Crippen LogP contribution in [-0.4, -0.2) is 82.5 Å². The first-order valence-electron chi connectivity index (χ1n) is 16.5. The monoisotopic (exact) mass is 639 g/mol. The maximum Gasteiger partial charge on any atom is 0.245 e. The van der Waals surface area contributed by atoms with E-state index in [1.54, 1.807) is 41.8 Å². The fourth-order valence-electron chi connectivity index (χ4n) is 6.42. The van der Waals surface area contributed by atoms with Crippen LogP contribution in [0.5, 0.6) is 0 Å². The topological polar surface area (TPSA) is 129 Å². The molecule has 4 amide bonds. The number of benzene rings is 1. The summed E-state index contributed by atoms with van der Waals surface area (Å²) in [6.07, 6.45) is 4.97. The Morgan fingerprint density at radius 2 is 1.65 bits per heavy atom. The van der Waals surface area contributed by atoms with E-state index >= 15 is 4.39 Å². The predicted molar refractivity (Wildman–Crippen MR) is 176 cm³/mol. The number of carbonyl (C=O) groups is 4. The Balaban J connectivity index is 1.53. The smallest absolute Gasteiger partial charge is 0.245 e.